The van der Waals surface area contributed by atoms with Crippen LogP contribution in [0.1, 0.15) is 50.5 Å². The van der Waals surface area contributed by atoms with Crippen molar-refractivity contribution in [1.82, 2.24) is 29.9 Å². The fraction of sp³-hybridized carbons (Fsp3) is 0.667. The molecular formula is C15H26N6. The first kappa shape index (κ1) is 15.7. The number of aromatic nitrogens is 5. The zero-order valence-electron chi connectivity index (χ0n) is 13.9. The van der Waals surface area contributed by atoms with Gasteiger partial charge in [-0.2, -0.15) is 10.2 Å². The molecule has 6 heteroatoms. The van der Waals surface area contributed by atoms with Crippen molar-refractivity contribution >= 4 is 0 Å². The van der Waals surface area contributed by atoms with Crippen molar-refractivity contribution in [3.63, 3.8) is 0 Å². The maximum atomic E-state index is 4.66. The van der Waals surface area contributed by atoms with Crippen LogP contribution in [0.5, 0.6) is 0 Å². The van der Waals surface area contributed by atoms with E-state index in [4.69, 9.17) is 0 Å². The van der Waals surface area contributed by atoms with Gasteiger partial charge in [-0.25, -0.2) is 9.67 Å². The summed E-state index contributed by atoms with van der Waals surface area (Å²) in [5.41, 5.74) is 3.64. The smallest absolute Gasteiger partial charge is 0.148 e. The van der Waals surface area contributed by atoms with E-state index in [-0.39, 0.29) is 5.54 Å². The zero-order chi connectivity index (χ0) is 15.6. The van der Waals surface area contributed by atoms with Gasteiger partial charge in [-0.3, -0.25) is 4.68 Å². The van der Waals surface area contributed by atoms with E-state index in [1.54, 1.807) is 6.33 Å². The third kappa shape index (κ3) is 3.69. The standard InChI is InChI=1S/C15H26N6/c1-7-20-14(16-10-18-20)9-21-12(3)13(11(2)19-21)8-17-15(4,5)6/h10,17H,7-9H2,1-6H3. The Balaban J connectivity index is 2.19. The Morgan fingerprint density at radius 3 is 2.52 bits per heavy atom. The Labute approximate surface area is 126 Å². The predicted molar refractivity (Wildman–Crippen MR) is 83.1 cm³/mol. The summed E-state index contributed by atoms with van der Waals surface area (Å²) in [6, 6.07) is 0. The van der Waals surface area contributed by atoms with E-state index in [1.807, 2.05) is 9.36 Å². The van der Waals surface area contributed by atoms with E-state index < -0.39 is 0 Å². The third-order valence-corrected chi connectivity index (χ3v) is 3.61. The zero-order valence-corrected chi connectivity index (χ0v) is 13.9. The van der Waals surface area contributed by atoms with E-state index in [2.05, 4.69) is 62.0 Å². The lowest BCUT2D eigenvalue weighted by molar-refractivity contribution is 0.423. The quantitative estimate of drug-likeness (QED) is 0.915. The number of nitrogens with zero attached hydrogens (tertiary/aromatic N) is 5. The molecule has 0 saturated heterocycles. The Hall–Kier alpha value is -1.69. The van der Waals surface area contributed by atoms with Crippen LogP contribution in [0.15, 0.2) is 6.33 Å². The molecule has 1 N–H and O–H groups in total. The van der Waals surface area contributed by atoms with Crippen LogP contribution in [0.3, 0.4) is 0 Å². The van der Waals surface area contributed by atoms with E-state index in [0.717, 1.165) is 24.6 Å². The summed E-state index contributed by atoms with van der Waals surface area (Å²) in [5.74, 6) is 0.943. The maximum Gasteiger partial charge on any atom is 0.148 e. The first-order valence-electron chi connectivity index (χ1n) is 7.46. The first-order valence-corrected chi connectivity index (χ1v) is 7.46. The predicted octanol–water partition coefficient (Wildman–Crippen LogP) is 2.05. The highest BCUT2D eigenvalue weighted by atomic mass is 15.4. The molecule has 2 aromatic rings. The molecule has 0 aliphatic carbocycles. The second-order valence-electron chi connectivity index (χ2n) is 6.40. The lowest BCUT2D eigenvalue weighted by Gasteiger charge is -2.20. The van der Waals surface area contributed by atoms with Crippen LogP contribution in [0.4, 0.5) is 0 Å². The van der Waals surface area contributed by atoms with Gasteiger partial charge in [-0.15, -0.1) is 0 Å². The molecular weight excluding hydrogens is 264 g/mol. The highest BCUT2D eigenvalue weighted by Gasteiger charge is 2.16. The number of nitrogens with one attached hydrogen (secondary N) is 1. The van der Waals surface area contributed by atoms with Gasteiger partial charge in [0.15, 0.2) is 0 Å². The lowest BCUT2D eigenvalue weighted by Crippen LogP contribution is -2.35. The molecule has 2 rings (SSSR count). The Bertz CT molecular complexity index is 602. The van der Waals surface area contributed by atoms with E-state index in [9.17, 15) is 0 Å². The Kier molecular flexibility index (Phi) is 4.46. The summed E-state index contributed by atoms with van der Waals surface area (Å²) in [6.45, 7) is 15.1. The third-order valence-electron chi connectivity index (χ3n) is 3.61. The Morgan fingerprint density at radius 1 is 1.19 bits per heavy atom. The van der Waals surface area contributed by atoms with Gasteiger partial charge >= 0.3 is 0 Å². The molecule has 2 aromatic heterocycles. The molecule has 2 heterocycles. The molecule has 0 spiro atoms. The van der Waals surface area contributed by atoms with Gasteiger partial charge in [0.25, 0.3) is 0 Å². The van der Waals surface area contributed by atoms with E-state index in [0.29, 0.717) is 6.54 Å². The monoisotopic (exact) mass is 290 g/mol. The summed E-state index contributed by atoms with van der Waals surface area (Å²) in [4.78, 5) is 4.32. The van der Waals surface area contributed by atoms with Crippen molar-refractivity contribution in [2.45, 2.75) is 66.7 Å². The molecule has 21 heavy (non-hydrogen) atoms. The SMILES string of the molecule is CCn1ncnc1Cn1nc(C)c(CNC(C)(C)C)c1C. The maximum absolute atomic E-state index is 4.66. The van der Waals surface area contributed by atoms with Crippen LogP contribution < -0.4 is 5.32 Å². The average Bonchev–Trinajstić information content (AvgIpc) is 2.93. The fourth-order valence-corrected chi connectivity index (χ4v) is 2.31. The van der Waals surface area contributed by atoms with E-state index in [1.165, 1.54) is 11.3 Å². The molecule has 6 nitrogen and oxygen atoms in total. The number of hydrogen-bond donors (Lipinski definition) is 1. The van der Waals surface area contributed by atoms with Crippen LogP contribution in [-0.4, -0.2) is 30.1 Å². The molecule has 0 aliphatic heterocycles. The van der Waals surface area contributed by atoms with Gasteiger partial charge in [0.2, 0.25) is 0 Å². The van der Waals surface area contributed by atoms with Crippen LogP contribution in [0, 0.1) is 13.8 Å². The van der Waals surface area contributed by atoms with Gasteiger partial charge in [0, 0.05) is 29.9 Å². The summed E-state index contributed by atoms with van der Waals surface area (Å²) in [5, 5.41) is 12.4. The van der Waals surface area contributed by atoms with Crippen molar-refractivity contribution in [2.24, 2.45) is 0 Å². The summed E-state index contributed by atoms with van der Waals surface area (Å²) >= 11 is 0. The normalized spacial score (nSPS) is 12.1. The molecule has 0 aliphatic rings. The largest absolute Gasteiger partial charge is 0.308 e. The molecule has 116 valence electrons. The number of hydrogen-bond acceptors (Lipinski definition) is 4. The van der Waals surface area contributed by atoms with Crippen LogP contribution in [-0.2, 0) is 19.6 Å². The van der Waals surface area contributed by atoms with E-state index >= 15 is 0 Å². The second-order valence-corrected chi connectivity index (χ2v) is 6.40. The molecule has 0 aromatic carbocycles. The Morgan fingerprint density at radius 2 is 1.90 bits per heavy atom. The van der Waals surface area contributed by atoms with Crippen molar-refractivity contribution < 1.29 is 0 Å². The van der Waals surface area contributed by atoms with Gasteiger partial charge < -0.3 is 5.32 Å². The van der Waals surface area contributed by atoms with Gasteiger partial charge in [-0.1, -0.05) is 0 Å². The van der Waals surface area contributed by atoms with Crippen LogP contribution >= 0.6 is 0 Å². The highest BCUT2D eigenvalue weighted by molar-refractivity contribution is 5.25. The molecule has 0 saturated carbocycles. The van der Waals surface area contributed by atoms with Crippen molar-refractivity contribution in [3.05, 3.63) is 29.1 Å². The molecule has 0 unspecified atom stereocenters. The summed E-state index contributed by atoms with van der Waals surface area (Å²) in [6.07, 6.45) is 1.60. The van der Waals surface area contributed by atoms with Crippen LogP contribution in [0.2, 0.25) is 0 Å². The molecule has 0 radical (unpaired) electrons. The van der Waals surface area contributed by atoms with Crippen molar-refractivity contribution in [1.29, 1.82) is 0 Å². The molecule has 0 fully saturated rings. The lowest BCUT2D eigenvalue weighted by atomic mass is 10.1. The highest BCUT2D eigenvalue weighted by Crippen LogP contribution is 2.15. The minimum atomic E-state index is 0.101. The summed E-state index contributed by atoms with van der Waals surface area (Å²) in [7, 11) is 0. The molecule has 0 bridgehead atoms. The number of aryl methyl sites for hydroxylation is 2. The first-order chi connectivity index (χ1) is 9.81. The average molecular weight is 290 g/mol. The second kappa shape index (κ2) is 5.97. The van der Waals surface area contributed by atoms with Gasteiger partial charge in [-0.05, 0) is 41.5 Å². The minimum Gasteiger partial charge on any atom is -0.308 e. The minimum absolute atomic E-state index is 0.101. The van der Waals surface area contributed by atoms with Gasteiger partial charge in [0.1, 0.15) is 18.7 Å². The van der Waals surface area contributed by atoms with Crippen molar-refractivity contribution in [3.8, 4) is 0 Å². The van der Waals surface area contributed by atoms with Crippen molar-refractivity contribution in [2.75, 3.05) is 0 Å². The molecule has 0 atom stereocenters. The van der Waals surface area contributed by atoms with Gasteiger partial charge in [0.05, 0.1) is 5.69 Å². The molecule has 0 amide bonds. The summed E-state index contributed by atoms with van der Waals surface area (Å²) < 4.78 is 3.93. The van der Waals surface area contributed by atoms with Crippen LogP contribution in [0.25, 0.3) is 0 Å². The fourth-order valence-electron chi connectivity index (χ4n) is 2.31. The topological polar surface area (TPSA) is 60.6 Å². The number of rotatable bonds is 5.